The molecule has 1 heterocycles. The van der Waals surface area contributed by atoms with E-state index in [2.05, 4.69) is 5.32 Å². The Balaban J connectivity index is 1.93. The van der Waals surface area contributed by atoms with Crippen LogP contribution in [0.2, 0.25) is 0 Å². The minimum absolute atomic E-state index is 0.172. The molecule has 4 nitrogen and oxygen atoms in total. The fourth-order valence-corrected chi connectivity index (χ4v) is 4.64. The van der Waals surface area contributed by atoms with Crippen molar-refractivity contribution < 1.29 is 8.42 Å². The molecule has 1 N–H and O–H groups in total. The molecule has 0 aromatic rings. The molecule has 2 aliphatic rings. The Morgan fingerprint density at radius 2 is 1.82 bits per heavy atom. The molecule has 0 radical (unpaired) electrons. The summed E-state index contributed by atoms with van der Waals surface area (Å²) < 4.78 is 26.2. The second kappa shape index (κ2) is 5.67. The summed E-state index contributed by atoms with van der Waals surface area (Å²) in [6, 6.07) is 0.418. The zero-order chi connectivity index (χ0) is 12.3. The van der Waals surface area contributed by atoms with Crippen molar-refractivity contribution in [2.24, 2.45) is 0 Å². The molecule has 0 bridgehead atoms. The van der Waals surface area contributed by atoms with Crippen molar-refractivity contribution in [3.05, 3.63) is 0 Å². The lowest BCUT2D eigenvalue weighted by atomic mass is 9.96. The van der Waals surface area contributed by atoms with E-state index < -0.39 is 10.0 Å². The summed E-state index contributed by atoms with van der Waals surface area (Å²) in [5, 5.41) is 3.26. The number of rotatable bonds is 4. The Labute approximate surface area is 105 Å². The van der Waals surface area contributed by atoms with Crippen LogP contribution in [0.15, 0.2) is 0 Å². The molecule has 1 saturated heterocycles. The van der Waals surface area contributed by atoms with Gasteiger partial charge in [0.2, 0.25) is 10.0 Å². The summed E-state index contributed by atoms with van der Waals surface area (Å²) in [5.74, 6) is 0.278. The first kappa shape index (κ1) is 13.3. The third-order valence-electron chi connectivity index (χ3n) is 4.10. The van der Waals surface area contributed by atoms with Gasteiger partial charge in [0.1, 0.15) is 0 Å². The first-order valence-corrected chi connectivity index (χ1v) is 8.39. The fourth-order valence-electron chi connectivity index (χ4n) is 2.94. The van der Waals surface area contributed by atoms with E-state index in [1.807, 2.05) is 0 Å². The van der Waals surface area contributed by atoms with Gasteiger partial charge in [0.25, 0.3) is 0 Å². The van der Waals surface area contributed by atoms with Gasteiger partial charge in [0, 0.05) is 19.1 Å². The Bertz CT molecular complexity index is 330. The molecule has 0 spiro atoms. The lowest BCUT2D eigenvalue weighted by Gasteiger charge is -2.31. The van der Waals surface area contributed by atoms with E-state index in [1.54, 1.807) is 11.4 Å². The van der Waals surface area contributed by atoms with Crippen molar-refractivity contribution in [3.63, 3.8) is 0 Å². The van der Waals surface area contributed by atoms with Crippen molar-refractivity contribution in [3.8, 4) is 0 Å². The van der Waals surface area contributed by atoms with Gasteiger partial charge < -0.3 is 5.32 Å². The lowest BCUT2D eigenvalue weighted by molar-refractivity contribution is 0.285. The molecule has 0 aromatic carbocycles. The van der Waals surface area contributed by atoms with E-state index in [1.165, 1.54) is 19.3 Å². The first-order chi connectivity index (χ1) is 8.09. The van der Waals surface area contributed by atoms with E-state index >= 15 is 0 Å². The summed E-state index contributed by atoms with van der Waals surface area (Å²) in [4.78, 5) is 0. The van der Waals surface area contributed by atoms with Crippen LogP contribution in [0.5, 0.6) is 0 Å². The monoisotopic (exact) mass is 260 g/mol. The number of hydrogen-bond donors (Lipinski definition) is 1. The number of nitrogens with zero attached hydrogens (tertiary/aromatic N) is 1. The van der Waals surface area contributed by atoms with Gasteiger partial charge in [-0.1, -0.05) is 19.3 Å². The topological polar surface area (TPSA) is 49.4 Å². The predicted octanol–water partition coefficient (Wildman–Crippen LogP) is 1.33. The highest BCUT2D eigenvalue weighted by molar-refractivity contribution is 7.89. The van der Waals surface area contributed by atoms with Crippen LogP contribution < -0.4 is 5.32 Å². The third-order valence-corrected chi connectivity index (χ3v) is 6.10. The van der Waals surface area contributed by atoms with Crippen LogP contribution >= 0.6 is 0 Å². The molecular formula is C12H24N2O2S. The average Bonchev–Trinajstić information content (AvgIpc) is 2.81. The van der Waals surface area contributed by atoms with Gasteiger partial charge in [0.15, 0.2) is 0 Å². The van der Waals surface area contributed by atoms with E-state index in [0.29, 0.717) is 0 Å². The largest absolute Gasteiger partial charge is 0.313 e. The second-order valence-electron chi connectivity index (χ2n) is 5.38. The standard InChI is InChI=1S/C12H24N2O2S/c1-14(12-7-3-2-4-8-12)17(15,16)10-11-6-5-9-13-11/h11-13H,2-10H2,1H3. The van der Waals surface area contributed by atoms with Gasteiger partial charge in [0.05, 0.1) is 5.75 Å². The van der Waals surface area contributed by atoms with Crippen LogP contribution in [-0.2, 0) is 10.0 Å². The maximum atomic E-state index is 12.3. The maximum Gasteiger partial charge on any atom is 0.215 e. The van der Waals surface area contributed by atoms with Gasteiger partial charge in [-0.2, -0.15) is 0 Å². The molecule has 1 unspecified atom stereocenters. The summed E-state index contributed by atoms with van der Waals surface area (Å²) in [6.45, 7) is 0.966. The van der Waals surface area contributed by atoms with Crippen LogP contribution in [0.1, 0.15) is 44.9 Å². The third kappa shape index (κ3) is 3.42. The van der Waals surface area contributed by atoms with E-state index in [4.69, 9.17) is 0 Å². The van der Waals surface area contributed by atoms with Gasteiger partial charge >= 0.3 is 0 Å². The molecule has 2 rings (SSSR count). The normalized spacial score (nSPS) is 27.8. The van der Waals surface area contributed by atoms with Crippen LogP contribution in [0.4, 0.5) is 0 Å². The Hall–Kier alpha value is -0.130. The van der Waals surface area contributed by atoms with Crippen molar-refractivity contribution in [1.82, 2.24) is 9.62 Å². The van der Waals surface area contributed by atoms with E-state index in [-0.39, 0.29) is 17.8 Å². The van der Waals surface area contributed by atoms with Crippen molar-refractivity contribution >= 4 is 10.0 Å². The predicted molar refractivity (Wildman–Crippen MR) is 69.4 cm³/mol. The highest BCUT2D eigenvalue weighted by atomic mass is 32.2. The SMILES string of the molecule is CN(C1CCCCC1)S(=O)(=O)CC1CCCN1. The smallest absolute Gasteiger partial charge is 0.215 e. The van der Waals surface area contributed by atoms with Crippen molar-refractivity contribution in [2.45, 2.75) is 57.0 Å². The van der Waals surface area contributed by atoms with Crippen LogP contribution in [0.25, 0.3) is 0 Å². The zero-order valence-electron chi connectivity index (χ0n) is 10.7. The van der Waals surface area contributed by atoms with Crippen LogP contribution in [-0.4, -0.2) is 44.2 Å². The molecule has 1 saturated carbocycles. The van der Waals surface area contributed by atoms with Crippen molar-refractivity contribution in [2.75, 3.05) is 19.3 Å². The molecule has 1 aliphatic heterocycles. The Morgan fingerprint density at radius 1 is 1.12 bits per heavy atom. The maximum absolute atomic E-state index is 12.3. The molecule has 2 fully saturated rings. The summed E-state index contributed by atoms with van der Waals surface area (Å²) >= 11 is 0. The average molecular weight is 260 g/mol. The van der Waals surface area contributed by atoms with Gasteiger partial charge in [-0.15, -0.1) is 0 Å². The minimum Gasteiger partial charge on any atom is -0.313 e. The molecule has 17 heavy (non-hydrogen) atoms. The molecule has 1 atom stereocenters. The highest BCUT2D eigenvalue weighted by Gasteiger charge is 2.30. The molecule has 1 aliphatic carbocycles. The highest BCUT2D eigenvalue weighted by Crippen LogP contribution is 2.24. The van der Waals surface area contributed by atoms with Crippen LogP contribution in [0, 0.1) is 0 Å². The first-order valence-electron chi connectivity index (χ1n) is 6.79. The fraction of sp³-hybridized carbons (Fsp3) is 1.00. The molecule has 100 valence electrons. The molecular weight excluding hydrogens is 236 g/mol. The number of hydrogen-bond acceptors (Lipinski definition) is 3. The Morgan fingerprint density at radius 3 is 2.41 bits per heavy atom. The van der Waals surface area contributed by atoms with Gasteiger partial charge in [-0.25, -0.2) is 12.7 Å². The van der Waals surface area contributed by atoms with Gasteiger partial charge in [-0.05, 0) is 32.2 Å². The molecule has 0 aromatic heterocycles. The van der Waals surface area contributed by atoms with Crippen molar-refractivity contribution in [1.29, 1.82) is 0 Å². The molecule has 5 heteroatoms. The number of sulfonamides is 1. The Kier molecular flexibility index (Phi) is 4.44. The van der Waals surface area contributed by atoms with Crippen LogP contribution in [0.3, 0.4) is 0 Å². The van der Waals surface area contributed by atoms with Gasteiger partial charge in [-0.3, -0.25) is 0 Å². The summed E-state index contributed by atoms with van der Waals surface area (Å²) in [5.41, 5.74) is 0. The minimum atomic E-state index is -3.07. The molecule has 0 amide bonds. The second-order valence-corrected chi connectivity index (χ2v) is 7.45. The quantitative estimate of drug-likeness (QED) is 0.829. The lowest BCUT2D eigenvalue weighted by Crippen LogP contribution is -2.43. The summed E-state index contributed by atoms with van der Waals surface area (Å²) in [7, 11) is -1.31. The van der Waals surface area contributed by atoms with E-state index in [0.717, 1.165) is 32.2 Å². The summed E-state index contributed by atoms with van der Waals surface area (Å²) in [6.07, 6.45) is 7.78. The van der Waals surface area contributed by atoms with E-state index in [9.17, 15) is 8.42 Å². The zero-order valence-corrected chi connectivity index (χ0v) is 11.5. The number of nitrogens with one attached hydrogen (secondary N) is 1.